The van der Waals surface area contributed by atoms with Crippen molar-refractivity contribution in [3.05, 3.63) is 58.5 Å². The molecule has 0 bridgehead atoms. The van der Waals surface area contributed by atoms with Crippen LogP contribution >= 0.6 is 15.9 Å². The van der Waals surface area contributed by atoms with E-state index in [1.165, 1.54) is 0 Å². The highest BCUT2D eigenvalue weighted by Crippen LogP contribution is 2.21. The largest absolute Gasteiger partial charge is 0.366 e. The maximum absolute atomic E-state index is 12.3. The number of anilines is 2. The first-order chi connectivity index (χ1) is 10.5. The van der Waals surface area contributed by atoms with Crippen molar-refractivity contribution in [2.45, 2.75) is 13.8 Å². The molecule has 1 heterocycles. The number of halogens is 1. The van der Waals surface area contributed by atoms with Crippen LogP contribution in [0.15, 0.2) is 41.4 Å². The molecule has 0 aliphatic heterocycles. The molecule has 5 nitrogen and oxygen atoms in total. The summed E-state index contributed by atoms with van der Waals surface area (Å²) in [5, 5.41) is 5.88. The fourth-order valence-electron chi connectivity index (χ4n) is 1.82. The smallest absolute Gasteiger partial charge is 0.274 e. The summed E-state index contributed by atoms with van der Waals surface area (Å²) in [5.41, 5.74) is 2.13. The van der Waals surface area contributed by atoms with Gasteiger partial charge in [-0.15, -0.1) is 6.58 Å². The summed E-state index contributed by atoms with van der Waals surface area (Å²) < 4.78 is 0.942. The van der Waals surface area contributed by atoms with Gasteiger partial charge in [0, 0.05) is 22.8 Å². The molecule has 0 saturated carbocycles. The number of amides is 1. The third kappa shape index (κ3) is 4.14. The van der Waals surface area contributed by atoms with Crippen molar-refractivity contribution < 1.29 is 4.79 Å². The molecule has 1 aromatic heterocycles. The summed E-state index contributed by atoms with van der Waals surface area (Å²) in [4.78, 5) is 20.7. The second-order valence-electron chi connectivity index (χ2n) is 4.77. The van der Waals surface area contributed by atoms with Crippen molar-refractivity contribution >= 4 is 33.3 Å². The summed E-state index contributed by atoms with van der Waals surface area (Å²) >= 11 is 3.45. The molecule has 114 valence electrons. The van der Waals surface area contributed by atoms with E-state index in [9.17, 15) is 4.79 Å². The number of nitrogens with one attached hydrogen (secondary N) is 2. The quantitative estimate of drug-likeness (QED) is 0.797. The molecule has 22 heavy (non-hydrogen) atoms. The Hall–Kier alpha value is -2.21. The second kappa shape index (κ2) is 7.17. The zero-order chi connectivity index (χ0) is 16.1. The molecule has 6 heteroatoms. The lowest BCUT2D eigenvalue weighted by molar-refractivity contribution is 0.102. The van der Waals surface area contributed by atoms with Crippen LogP contribution in [0.2, 0.25) is 0 Å². The minimum Gasteiger partial charge on any atom is -0.366 e. The van der Waals surface area contributed by atoms with Gasteiger partial charge in [-0.25, -0.2) is 9.97 Å². The molecule has 0 aliphatic carbocycles. The summed E-state index contributed by atoms with van der Waals surface area (Å²) in [5.74, 6) is 0.856. The molecule has 2 N–H and O–H groups in total. The van der Waals surface area contributed by atoms with Gasteiger partial charge < -0.3 is 10.6 Å². The Morgan fingerprint density at radius 2 is 2.09 bits per heavy atom. The maximum Gasteiger partial charge on any atom is 0.274 e. The van der Waals surface area contributed by atoms with Crippen LogP contribution in [0.3, 0.4) is 0 Å². The molecule has 1 aromatic carbocycles. The van der Waals surface area contributed by atoms with Crippen LogP contribution in [0.1, 0.15) is 21.9 Å². The van der Waals surface area contributed by atoms with E-state index in [4.69, 9.17) is 0 Å². The van der Waals surface area contributed by atoms with Gasteiger partial charge in [0.05, 0.1) is 0 Å². The standard InChI is InChI=1S/C16H17BrN4O/c1-4-7-18-15-9-14(19-11(3)20-15)16(22)21-12-6-5-10(2)13(17)8-12/h4-6,8-9H,1,7H2,2-3H3,(H,21,22)(H,18,19,20). The molecule has 1 amide bonds. The minimum absolute atomic E-state index is 0.275. The average Bonchev–Trinajstić information content (AvgIpc) is 2.48. The lowest BCUT2D eigenvalue weighted by Crippen LogP contribution is -2.16. The van der Waals surface area contributed by atoms with Gasteiger partial charge in [-0.1, -0.05) is 28.1 Å². The fraction of sp³-hybridized carbons (Fsp3) is 0.188. The van der Waals surface area contributed by atoms with Crippen LogP contribution in [-0.2, 0) is 0 Å². The Kier molecular flexibility index (Phi) is 5.27. The van der Waals surface area contributed by atoms with Gasteiger partial charge in [0.25, 0.3) is 5.91 Å². The first-order valence-electron chi connectivity index (χ1n) is 6.77. The van der Waals surface area contributed by atoms with Gasteiger partial charge in [0.1, 0.15) is 17.3 Å². The van der Waals surface area contributed by atoms with Gasteiger partial charge in [-0.05, 0) is 31.5 Å². The molecule has 0 aliphatic rings. The van der Waals surface area contributed by atoms with Crippen molar-refractivity contribution in [1.29, 1.82) is 0 Å². The summed E-state index contributed by atoms with van der Waals surface area (Å²) in [6.45, 7) is 7.94. The van der Waals surface area contributed by atoms with E-state index in [0.29, 0.717) is 29.6 Å². The van der Waals surface area contributed by atoms with Crippen molar-refractivity contribution in [2.24, 2.45) is 0 Å². The molecule has 2 rings (SSSR count). The number of hydrogen-bond acceptors (Lipinski definition) is 4. The predicted octanol–water partition coefficient (Wildman–Crippen LogP) is 3.71. The normalized spacial score (nSPS) is 10.1. The van der Waals surface area contributed by atoms with Crippen LogP contribution in [0.4, 0.5) is 11.5 Å². The van der Waals surface area contributed by atoms with Crippen molar-refractivity contribution in [2.75, 3.05) is 17.2 Å². The number of benzene rings is 1. The highest BCUT2D eigenvalue weighted by atomic mass is 79.9. The predicted molar refractivity (Wildman–Crippen MR) is 92.3 cm³/mol. The number of aromatic nitrogens is 2. The molecule has 0 saturated heterocycles. The van der Waals surface area contributed by atoms with E-state index < -0.39 is 0 Å². The number of hydrogen-bond donors (Lipinski definition) is 2. The first kappa shape index (κ1) is 16.2. The average molecular weight is 361 g/mol. The molecule has 0 spiro atoms. The summed E-state index contributed by atoms with van der Waals surface area (Å²) in [7, 11) is 0. The molecule has 2 aromatic rings. The van der Waals surface area contributed by atoms with Crippen molar-refractivity contribution in [3.63, 3.8) is 0 Å². The molecular weight excluding hydrogens is 344 g/mol. The van der Waals surface area contributed by atoms with Gasteiger partial charge in [-0.2, -0.15) is 0 Å². The van der Waals surface area contributed by atoms with E-state index in [0.717, 1.165) is 10.0 Å². The van der Waals surface area contributed by atoms with Crippen LogP contribution < -0.4 is 10.6 Å². The lowest BCUT2D eigenvalue weighted by Gasteiger charge is -2.09. The number of carbonyl (C=O) groups is 1. The van der Waals surface area contributed by atoms with Gasteiger partial charge in [0.15, 0.2) is 0 Å². The number of aryl methyl sites for hydroxylation is 2. The first-order valence-corrected chi connectivity index (χ1v) is 7.57. The Balaban J connectivity index is 2.19. The number of rotatable bonds is 5. The SMILES string of the molecule is C=CCNc1cc(C(=O)Nc2ccc(C)c(Br)c2)nc(C)n1. The van der Waals surface area contributed by atoms with E-state index in [-0.39, 0.29) is 5.91 Å². The molecular formula is C16H17BrN4O. The zero-order valence-corrected chi connectivity index (χ0v) is 14.1. The fourth-order valence-corrected chi connectivity index (χ4v) is 2.20. The van der Waals surface area contributed by atoms with Crippen LogP contribution in [0.25, 0.3) is 0 Å². The Morgan fingerprint density at radius 1 is 1.32 bits per heavy atom. The molecule has 0 atom stereocenters. The van der Waals surface area contributed by atoms with Crippen LogP contribution in [0.5, 0.6) is 0 Å². The van der Waals surface area contributed by atoms with E-state index >= 15 is 0 Å². The van der Waals surface area contributed by atoms with Gasteiger partial charge in [-0.3, -0.25) is 4.79 Å². The van der Waals surface area contributed by atoms with Crippen molar-refractivity contribution in [3.8, 4) is 0 Å². The highest BCUT2D eigenvalue weighted by molar-refractivity contribution is 9.10. The Labute approximate surface area is 138 Å². The van der Waals surface area contributed by atoms with E-state index in [1.807, 2.05) is 25.1 Å². The maximum atomic E-state index is 12.3. The highest BCUT2D eigenvalue weighted by Gasteiger charge is 2.11. The third-order valence-electron chi connectivity index (χ3n) is 2.93. The summed E-state index contributed by atoms with van der Waals surface area (Å²) in [6, 6.07) is 7.26. The van der Waals surface area contributed by atoms with Crippen LogP contribution in [-0.4, -0.2) is 22.4 Å². The monoisotopic (exact) mass is 360 g/mol. The molecule has 0 unspecified atom stereocenters. The Bertz CT molecular complexity index is 715. The Morgan fingerprint density at radius 3 is 2.77 bits per heavy atom. The molecule has 0 radical (unpaired) electrons. The van der Waals surface area contributed by atoms with Crippen LogP contribution in [0, 0.1) is 13.8 Å². The van der Waals surface area contributed by atoms with Gasteiger partial charge >= 0.3 is 0 Å². The van der Waals surface area contributed by atoms with Gasteiger partial charge in [0.2, 0.25) is 0 Å². The topological polar surface area (TPSA) is 66.9 Å². The minimum atomic E-state index is -0.275. The zero-order valence-electron chi connectivity index (χ0n) is 12.5. The summed E-state index contributed by atoms with van der Waals surface area (Å²) in [6.07, 6.45) is 1.72. The van der Waals surface area contributed by atoms with E-state index in [2.05, 4.69) is 43.1 Å². The molecule has 0 fully saturated rings. The third-order valence-corrected chi connectivity index (χ3v) is 3.78. The number of carbonyl (C=O) groups excluding carboxylic acids is 1. The van der Waals surface area contributed by atoms with Crippen molar-refractivity contribution in [1.82, 2.24) is 9.97 Å². The second-order valence-corrected chi connectivity index (χ2v) is 5.63. The lowest BCUT2D eigenvalue weighted by atomic mass is 10.2. The number of nitrogens with zero attached hydrogens (tertiary/aromatic N) is 2. The van der Waals surface area contributed by atoms with E-state index in [1.54, 1.807) is 19.1 Å².